The topological polar surface area (TPSA) is 117 Å². The first kappa shape index (κ1) is 25.9. The van der Waals surface area contributed by atoms with E-state index in [1.54, 1.807) is 12.1 Å². The summed E-state index contributed by atoms with van der Waals surface area (Å²) in [4.78, 5) is 27.5. The van der Waals surface area contributed by atoms with Crippen LogP contribution in [0.5, 0.6) is 0 Å². The lowest BCUT2D eigenvalue weighted by atomic mass is 9.99. The van der Waals surface area contributed by atoms with Crippen molar-refractivity contribution in [3.05, 3.63) is 58.1 Å². The van der Waals surface area contributed by atoms with E-state index in [1.807, 2.05) is 12.1 Å². The van der Waals surface area contributed by atoms with Crippen molar-refractivity contribution < 1.29 is 13.8 Å². The average Bonchev–Trinajstić information content (AvgIpc) is 3.54. The molecule has 3 aliphatic rings. The summed E-state index contributed by atoms with van der Waals surface area (Å²) in [7, 11) is -3.39. The van der Waals surface area contributed by atoms with Gasteiger partial charge >= 0.3 is 6.03 Å². The van der Waals surface area contributed by atoms with Crippen molar-refractivity contribution in [3.8, 4) is 0 Å². The third-order valence-electron chi connectivity index (χ3n) is 7.74. The highest BCUT2D eigenvalue weighted by molar-refractivity contribution is 7.91. The maximum absolute atomic E-state index is 13.1. The summed E-state index contributed by atoms with van der Waals surface area (Å²) < 4.78 is 17.0. The van der Waals surface area contributed by atoms with Crippen LogP contribution in [0.4, 0.5) is 10.5 Å². The Morgan fingerprint density at radius 2 is 1.57 bits per heavy atom. The summed E-state index contributed by atoms with van der Waals surface area (Å²) in [6.07, 6.45) is 10.3. The molecule has 1 atom stereocenters. The number of benzene rings is 2. The maximum Gasteiger partial charge on any atom is 0.354 e. The number of fused-ring (bicyclic) bond motifs is 2. The summed E-state index contributed by atoms with van der Waals surface area (Å²) in [5.74, 6) is 0.0445. The van der Waals surface area contributed by atoms with Crippen molar-refractivity contribution in [2.75, 3.05) is 31.5 Å². The standard InChI is InChI=1S/C28H37N5O3S/c29-37(36,32-28(35)31-27-24-8-4-6-21(24)18-22-7-5-9-25(22)27)23-12-10-20(11-13-23)14-15-30-26(34)19-33-16-2-1-3-17-33/h10-13,18H,1-9,14-17,19H2,(H,30,34)(H3,29,31,32,35,36). The minimum absolute atomic E-state index is 0.0445. The molecule has 8 nitrogen and oxygen atoms in total. The average molecular weight is 524 g/mol. The Morgan fingerprint density at radius 1 is 0.919 bits per heavy atom. The summed E-state index contributed by atoms with van der Waals surface area (Å²) in [5, 5.41) is 11.9. The van der Waals surface area contributed by atoms with Crippen LogP contribution in [0.2, 0.25) is 0 Å². The van der Waals surface area contributed by atoms with Gasteiger partial charge in [-0.3, -0.25) is 9.69 Å². The number of carbonyl (C=O) groups excluding carboxylic acids is 2. The van der Waals surface area contributed by atoms with Gasteiger partial charge in [0.1, 0.15) is 9.92 Å². The van der Waals surface area contributed by atoms with Crippen LogP contribution in [0.3, 0.4) is 0 Å². The third-order valence-corrected chi connectivity index (χ3v) is 9.12. The second kappa shape index (κ2) is 11.3. The minimum Gasteiger partial charge on any atom is -0.355 e. The highest BCUT2D eigenvalue weighted by Gasteiger charge is 2.25. The monoisotopic (exact) mass is 523 g/mol. The Hall–Kier alpha value is -2.75. The number of nitrogens with one attached hydrogen (secondary N) is 2. The van der Waals surface area contributed by atoms with E-state index in [4.69, 9.17) is 5.14 Å². The number of hydrogen-bond acceptors (Lipinski definition) is 4. The fraction of sp³-hybridized carbons (Fsp3) is 0.500. The molecule has 1 saturated heterocycles. The van der Waals surface area contributed by atoms with Gasteiger partial charge in [-0.1, -0.05) is 24.6 Å². The lowest BCUT2D eigenvalue weighted by Crippen LogP contribution is -2.40. The van der Waals surface area contributed by atoms with Crippen LogP contribution in [0.15, 0.2) is 39.6 Å². The Morgan fingerprint density at radius 3 is 2.22 bits per heavy atom. The van der Waals surface area contributed by atoms with Gasteiger partial charge in [0, 0.05) is 12.2 Å². The molecule has 5 rings (SSSR count). The van der Waals surface area contributed by atoms with Crippen LogP contribution < -0.4 is 15.8 Å². The van der Waals surface area contributed by atoms with E-state index in [1.165, 1.54) is 28.7 Å². The van der Waals surface area contributed by atoms with E-state index >= 15 is 0 Å². The molecule has 2 aromatic rings. The van der Waals surface area contributed by atoms with Crippen LogP contribution in [-0.2, 0) is 46.8 Å². The third kappa shape index (κ3) is 6.22. The highest BCUT2D eigenvalue weighted by atomic mass is 32.2. The number of carbonyl (C=O) groups is 2. The van der Waals surface area contributed by atoms with Crippen LogP contribution in [-0.4, -0.2) is 47.2 Å². The van der Waals surface area contributed by atoms with Gasteiger partial charge in [-0.25, -0.2) is 14.1 Å². The van der Waals surface area contributed by atoms with Gasteiger partial charge in [-0.15, -0.1) is 4.36 Å². The molecule has 0 spiro atoms. The molecule has 3 amide bonds. The molecule has 0 aromatic heterocycles. The maximum atomic E-state index is 13.1. The number of urea groups is 1. The molecule has 1 aliphatic heterocycles. The second-order valence-electron chi connectivity index (χ2n) is 10.4. The van der Waals surface area contributed by atoms with Crippen LogP contribution in [0, 0.1) is 0 Å². The van der Waals surface area contributed by atoms with Crippen LogP contribution in [0.1, 0.15) is 59.9 Å². The molecule has 4 N–H and O–H groups in total. The van der Waals surface area contributed by atoms with E-state index in [2.05, 4.69) is 26.0 Å². The number of nitrogens with two attached hydrogens (primary N) is 1. The predicted molar refractivity (Wildman–Crippen MR) is 146 cm³/mol. The largest absolute Gasteiger partial charge is 0.355 e. The number of hydrogen-bond donors (Lipinski definition) is 3. The van der Waals surface area contributed by atoms with Crippen LogP contribution in [0.25, 0.3) is 0 Å². The van der Waals surface area contributed by atoms with Gasteiger partial charge in [0.15, 0.2) is 0 Å². The van der Waals surface area contributed by atoms with Gasteiger partial charge in [0.05, 0.1) is 11.4 Å². The summed E-state index contributed by atoms with van der Waals surface area (Å²) in [6.45, 7) is 2.97. The SMILES string of the molecule is NS(=O)(=NC(=O)Nc1c2c(cc3c1CCC3)CCC2)c1ccc(CCNC(=O)CN2CCCCC2)cc1. The molecule has 1 heterocycles. The molecule has 37 heavy (non-hydrogen) atoms. The Labute approximate surface area is 219 Å². The van der Waals surface area contributed by atoms with Crippen molar-refractivity contribution >= 4 is 27.5 Å². The fourth-order valence-corrected chi connectivity index (χ4v) is 6.77. The molecule has 0 bridgehead atoms. The van der Waals surface area contributed by atoms with Gasteiger partial charge in [-0.2, -0.15) is 0 Å². The molecule has 1 fully saturated rings. The number of aryl methyl sites for hydroxylation is 2. The lowest BCUT2D eigenvalue weighted by molar-refractivity contribution is -0.122. The zero-order chi connectivity index (χ0) is 25.8. The molecule has 1 unspecified atom stereocenters. The second-order valence-corrected chi connectivity index (χ2v) is 12.2. The van der Waals surface area contributed by atoms with Gasteiger partial charge in [-0.05, 0) is 111 Å². The van der Waals surface area contributed by atoms with Crippen molar-refractivity contribution in [2.45, 2.75) is 69.1 Å². The Kier molecular flexibility index (Phi) is 7.92. The van der Waals surface area contributed by atoms with Crippen molar-refractivity contribution in [2.24, 2.45) is 9.50 Å². The van der Waals surface area contributed by atoms with Crippen molar-refractivity contribution in [1.82, 2.24) is 10.2 Å². The molecule has 2 aliphatic carbocycles. The molecule has 0 saturated carbocycles. The number of nitrogens with zero attached hydrogens (tertiary/aromatic N) is 2. The predicted octanol–water partition coefficient (Wildman–Crippen LogP) is 3.74. The first-order chi connectivity index (χ1) is 17.9. The van der Waals surface area contributed by atoms with E-state index < -0.39 is 15.9 Å². The van der Waals surface area contributed by atoms with Gasteiger partial charge in [0.2, 0.25) is 5.91 Å². The number of piperidine rings is 1. The number of likely N-dealkylation sites (tertiary alicyclic amines) is 1. The Bertz CT molecular complexity index is 1260. The summed E-state index contributed by atoms with van der Waals surface area (Å²) >= 11 is 0. The highest BCUT2D eigenvalue weighted by Crippen LogP contribution is 2.38. The summed E-state index contributed by atoms with van der Waals surface area (Å²) in [6, 6.07) is 8.59. The molecule has 198 valence electrons. The first-order valence-electron chi connectivity index (χ1n) is 13.5. The first-order valence-corrected chi connectivity index (χ1v) is 15.1. The Balaban J connectivity index is 1.19. The van der Waals surface area contributed by atoms with Crippen LogP contribution >= 0.6 is 0 Å². The number of rotatable bonds is 7. The number of amides is 3. The molecule has 9 heteroatoms. The quantitative estimate of drug-likeness (QED) is 0.512. The minimum atomic E-state index is -3.39. The lowest BCUT2D eigenvalue weighted by Gasteiger charge is -2.25. The van der Waals surface area contributed by atoms with Gasteiger partial charge < -0.3 is 10.6 Å². The van der Waals surface area contributed by atoms with E-state index in [0.29, 0.717) is 24.4 Å². The number of anilines is 1. The fourth-order valence-electron chi connectivity index (χ4n) is 5.85. The van der Waals surface area contributed by atoms with E-state index in [0.717, 1.165) is 75.7 Å². The zero-order valence-corrected chi connectivity index (χ0v) is 22.2. The molecular weight excluding hydrogens is 486 g/mol. The normalized spacial score (nSPS) is 18.5. The van der Waals surface area contributed by atoms with E-state index in [9.17, 15) is 13.8 Å². The van der Waals surface area contributed by atoms with Crippen molar-refractivity contribution in [1.29, 1.82) is 0 Å². The molecular formula is C28H37N5O3S. The molecule has 0 radical (unpaired) electrons. The smallest absolute Gasteiger partial charge is 0.354 e. The zero-order valence-electron chi connectivity index (χ0n) is 21.4. The van der Waals surface area contributed by atoms with Crippen molar-refractivity contribution in [3.63, 3.8) is 0 Å². The summed E-state index contributed by atoms with van der Waals surface area (Å²) in [5.41, 5.74) is 6.85. The van der Waals surface area contributed by atoms with E-state index in [-0.39, 0.29) is 5.91 Å². The molecule has 2 aromatic carbocycles. The van der Waals surface area contributed by atoms with Gasteiger partial charge in [0.25, 0.3) is 0 Å².